The molecule has 1 rings (SSSR count). The minimum Gasteiger partial charge on any atom is -0.357 e. The summed E-state index contributed by atoms with van der Waals surface area (Å²) in [4.78, 5) is 5.99. The lowest BCUT2D eigenvalue weighted by molar-refractivity contribution is 0.717. The summed E-state index contributed by atoms with van der Waals surface area (Å²) in [6.07, 6.45) is 4.75. The van der Waals surface area contributed by atoms with Crippen LogP contribution in [0, 0.1) is 0 Å². The first kappa shape index (κ1) is 15.0. The minimum absolute atomic E-state index is 0.915. The first-order valence-corrected chi connectivity index (χ1v) is 7.79. The maximum Gasteiger partial charge on any atom is 0.191 e. The molecular weight excluding hydrogens is 242 g/mol. The van der Waals surface area contributed by atoms with Gasteiger partial charge >= 0.3 is 0 Å². The molecule has 0 bridgehead atoms. The summed E-state index contributed by atoms with van der Waals surface area (Å²) >= 11 is 1.81. The van der Waals surface area contributed by atoms with Crippen molar-refractivity contribution in [3.05, 3.63) is 22.4 Å². The van der Waals surface area contributed by atoms with Crippen molar-refractivity contribution in [2.24, 2.45) is 4.99 Å². The van der Waals surface area contributed by atoms with E-state index < -0.39 is 0 Å². The highest BCUT2D eigenvalue weighted by Crippen LogP contribution is 2.07. The van der Waals surface area contributed by atoms with Crippen molar-refractivity contribution in [3.63, 3.8) is 0 Å². The lowest BCUT2D eigenvalue weighted by atomic mass is 10.2. The Morgan fingerprint density at radius 1 is 1.28 bits per heavy atom. The van der Waals surface area contributed by atoms with Crippen LogP contribution in [0.5, 0.6) is 0 Å². The van der Waals surface area contributed by atoms with Crippen molar-refractivity contribution in [1.29, 1.82) is 0 Å². The first-order valence-electron chi connectivity index (χ1n) is 6.91. The third kappa shape index (κ3) is 6.64. The molecule has 0 amide bonds. The van der Waals surface area contributed by atoms with Gasteiger partial charge in [-0.2, -0.15) is 0 Å². The van der Waals surface area contributed by atoms with Crippen LogP contribution < -0.4 is 10.6 Å². The van der Waals surface area contributed by atoms with Crippen molar-refractivity contribution < 1.29 is 0 Å². The van der Waals surface area contributed by atoms with Crippen LogP contribution in [0.15, 0.2) is 22.5 Å². The Kier molecular flexibility index (Phi) is 8.30. The molecule has 0 saturated carbocycles. The number of hydrogen-bond acceptors (Lipinski definition) is 2. The average molecular weight is 267 g/mol. The topological polar surface area (TPSA) is 36.4 Å². The Bertz CT molecular complexity index is 320. The van der Waals surface area contributed by atoms with E-state index in [0.717, 1.165) is 32.0 Å². The highest BCUT2D eigenvalue weighted by atomic mass is 32.1. The van der Waals surface area contributed by atoms with Gasteiger partial charge in [-0.3, -0.25) is 4.99 Å². The monoisotopic (exact) mass is 267 g/mol. The van der Waals surface area contributed by atoms with Crippen molar-refractivity contribution in [2.45, 2.75) is 39.5 Å². The van der Waals surface area contributed by atoms with Gasteiger partial charge in [-0.15, -0.1) is 11.3 Å². The summed E-state index contributed by atoms with van der Waals surface area (Å²) < 4.78 is 0. The third-order valence-corrected chi connectivity index (χ3v) is 3.56. The quantitative estimate of drug-likeness (QED) is 0.431. The van der Waals surface area contributed by atoms with Crippen molar-refractivity contribution in [3.8, 4) is 0 Å². The van der Waals surface area contributed by atoms with Crippen LogP contribution in [0.3, 0.4) is 0 Å². The molecule has 102 valence electrons. The highest BCUT2D eigenvalue weighted by molar-refractivity contribution is 7.09. The van der Waals surface area contributed by atoms with Crippen molar-refractivity contribution in [1.82, 2.24) is 10.6 Å². The summed E-state index contributed by atoms with van der Waals surface area (Å²) in [6.45, 7) is 7.09. The molecule has 1 heterocycles. The molecule has 2 N–H and O–H groups in total. The average Bonchev–Trinajstić information content (AvgIpc) is 2.87. The van der Waals surface area contributed by atoms with E-state index in [2.05, 4.69) is 47.0 Å². The second-order valence-electron chi connectivity index (χ2n) is 4.22. The zero-order valence-corrected chi connectivity index (χ0v) is 12.4. The number of aliphatic imine (C=N–C) groups is 1. The van der Waals surface area contributed by atoms with Crippen LogP contribution >= 0.6 is 11.3 Å². The van der Waals surface area contributed by atoms with Gasteiger partial charge in [-0.05, 0) is 31.2 Å². The Morgan fingerprint density at radius 2 is 2.17 bits per heavy atom. The summed E-state index contributed by atoms with van der Waals surface area (Å²) in [5.74, 6) is 0.949. The molecule has 1 aromatic rings. The highest BCUT2D eigenvalue weighted by Gasteiger charge is 1.97. The molecule has 4 heteroatoms. The molecule has 0 saturated heterocycles. The normalized spacial score (nSPS) is 11.6. The summed E-state index contributed by atoms with van der Waals surface area (Å²) in [5, 5.41) is 8.79. The lowest BCUT2D eigenvalue weighted by Crippen LogP contribution is -2.38. The molecular formula is C14H25N3S. The third-order valence-electron chi connectivity index (χ3n) is 2.62. The molecule has 0 aliphatic carbocycles. The van der Waals surface area contributed by atoms with Crippen LogP contribution in [0.25, 0.3) is 0 Å². The summed E-state index contributed by atoms with van der Waals surface area (Å²) in [5.41, 5.74) is 0. The van der Waals surface area contributed by atoms with E-state index in [4.69, 9.17) is 0 Å². The van der Waals surface area contributed by atoms with Crippen LogP contribution in [-0.4, -0.2) is 25.6 Å². The maximum atomic E-state index is 4.57. The van der Waals surface area contributed by atoms with Gasteiger partial charge in [0, 0.05) is 24.5 Å². The number of rotatable bonds is 8. The molecule has 3 nitrogen and oxygen atoms in total. The molecule has 0 aliphatic rings. The SMILES string of the molecule is CCCCCN=C(NCC)NCCc1cccs1. The Morgan fingerprint density at radius 3 is 2.83 bits per heavy atom. The molecule has 0 spiro atoms. The predicted octanol–water partition coefficient (Wildman–Crippen LogP) is 3.04. The summed E-state index contributed by atoms with van der Waals surface area (Å²) in [7, 11) is 0. The second kappa shape index (κ2) is 9.95. The van der Waals surface area contributed by atoms with Crippen LogP contribution in [-0.2, 0) is 6.42 Å². The number of thiophene rings is 1. The zero-order chi connectivity index (χ0) is 13.1. The molecule has 0 aliphatic heterocycles. The molecule has 18 heavy (non-hydrogen) atoms. The molecule has 0 atom stereocenters. The molecule has 0 radical (unpaired) electrons. The number of nitrogens with one attached hydrogen (secondary N) is 2. The number of unbranched alkanes of at least 4 members (excludes halogenated alkanes) is 2. The number of guanidine groups is 1. The number of hydrogen-bond donors (Lipinski definition) is 2. The van der Waals surface area contributed by atoms with Gasteiger partial charge in [0.1, 0.15) is 0 Å². The van der Waals surface area contributed by atoms with E-state index in [9.17, 15) is 0 Å². The van der Waals surface area contributed by atoms with E-state index >= 15 is 0 Å². The fourth-order valence-corrected chi connectivity index (χ4v) is 2.36. The van der Waals surface area contributed by atoms with Crippen molar-refractivity contribution >= 4 is 17.3 Å². The lowest BCUT2D eigenvalue weighted by Gasteiger charge is -2.10. The van der Waals surface area contributed by atoms with Gasteiger partial charge in [0.2, 0.25) is 0 Å². The zero-order valence-electron chi connectivity index (χ0n) is 11.5. The van der Waals surface area contributed by atoms with Crippen LogP contribution in [0.2, 0.25) is 0 Å². The fourth-order valence-electron chi connectivity index (χ4n) is 1.65. The van der Waals surface area contributed by atoms with Crippen LogP contribution in [0.4, 0.5) is 0 Å². The largest absolute Gasteiger partial charge is 0.357 e. The smallest absolute Gasteiger partial charge is 0.191 e. The van der Waals surface area contributed by atoms with E-state index in [1.54, 1.807) is 0 Å². The van der Waals surface area contributed by atoms with Gasteiger partial charge in [-0.25, -0.2) is 0 Å². The summed E-state index contributed by atoms with van der Waals surface area (Å²) in [6, 6.07) is 4.28. The molecule has 0 aromatic carbocycles. The Labute approximate surface area is 115 Å². The van der Waals surface area contributed by atoms with E-state index in [0.29, 0.717) is 0 Å². The molecule has 1 aromatic heterocycles. The van der Waals surface area contributed by atoms with Gasteiger partial charge in [0.15, 0.2) is 5.96 Å². The van der Waals surface area contributed by atoms with Gasteiger partial charge in [-0.1, -0.05) is 25.8 Å². The van der Waals surface area contributed by atoms with Crippen molar-refractivity contribution in [2.75, 3.05) is 19.6 Å². The van der Waals surface area contributed by atoms with Crippen LogP contribution in [0.1, 0.15) is 38.0 Å². The standard InChI is InChI=1S/C14H25N3S/c1-3-5-6-10-16-14(15-4-2)17-11-9-13-8-7-12-18-13/h7-8,12H,3-6,9-11H2,1-2H3,(H2,15,16,17). The maximum absolute atomic E-state index is 4.57. The van der Waals surface area contributed by atoms with Gasteiger partial charge < -0.3 is 10.6 Å². The number of nitrogens with zero attached hydrogens (tertiary/aromatic N) is 1. The molecule has 0 unspecified atom stereocenters. The van der Waals surface area contributed by atoms with E-state index in [-0.39, 0.29) is 0 Å². The molecule has 0 fully saturated rings. The second-order valence-corrected chi connectivity index (χ2v) is 5.26. The van der Waals surface area contributed by atoms with E-state index in [1.807, 2.05) is 11.3 Å². The predicted molar refractivity (Wildman–Crippen MR) is 81.5 cm³/mol. The van der Waals surface area contributed by atoms with Gasteiger partial charge in [0.25, 0.3) is 0 Å². The first-order chi connectivity index (χ1) is 8.86. The minimum atomic E-state index is 0.915. The Balaban J connectivity index is 2.23. The van der Waals surface area contributed by atoms with E-state index in [1.165, 1.54) is 24.1 Å². The Hall–Kier alpha value is -1.03. The van der Waals surface area contributed by atoms with Gasteiger partial charge in [0.05, 0.1) is 0 Å². The fraction of sp³-hybridized carbons (Fsp3) is 0.643.